The number of hydrogen-bond donors (Lipinski definition) is 0. The largest absolute Gasteiger partial charge is 0.469 e. The van der Waals surface area contributed by atoms with Crippen LogP contribution in [0.15, 0.2) is 0 Å². The fourth-order valence-electron chi connectivity index (χ4n) is 1.24. The van der Waals surface area contributed by atoms with E-state index in [1.807, 2.05) is 0 Å². The van der Waals surface area contributed by atoms with Crippen LogP contribution in [0.4, 0.5) is 0 Å². The molecular weight excluding hydrogens is 268 g/mol. The summed E-state index contributed by atoms with van der Waals surface area (Å²) in [7, 11) is -5.77. The van der Waals surface area contributed by atoms with Crippen molar-refractivity contribution in [3.05, 3.63) is 0 Å². The highest BCUT2D eigenvalue weighted by atomic mass is 32.2. The number of esters is 1. The summed E-state index contributed by atoms with van der Waals surface area (Å²) in [4.78, 5) is 11.3. The summed E-state index contributed by atoms with van der Waals surface area (Å²) in [6.07, 6.45) is 0.966. The molecule has 0 aliphatic carbocycles. The molecule has 102 valence electrons. The first-order valence-corrected chi connectivity index (χ1v) is 8.74. The van der Waals surface area contributed by atoms with Crippen LogP contribution < -0.4 is 0 Å². The number of rotatable bonds is 6. The van der Waals surface area contributed by atoms with Crippen molar-refractivity contribution >= 4 is 25.6 Å². The van der Waals surface area contributed by atoms with Gasteiger partial charge in [-0.05, 0) is 13.8 Å². The number of sulfone groups is 2. The molecule has 8 heteroatoms. The predicted octanol–water partition coefficient (Wildman–Crippen LogP) is -0.355. The second-order valence-corrected chi connectivity index (χ2v) is 9.04. The van der Waals surface area contributed by atoms with Crippen molar-refractivity contribution < 1.29 is 26.4 Å². The second kappa shape index (κ2) is 5.34. The zero-order chi connectivity index (χ0) is 13.9. The number of carbonyl (C=O) groups excluding carboxylic acids is 1. The Balaban J connectivity index is 4.72. The van der Waals surface area contributed by atoms with Gasteiger partial charge in [-0.15, -0.1) is 0 Å². The van der Waals surface area contributed by atoms with Crippen LogP contribution in [0.2, 0.25) is 0 Å². The highest BCUT2D eigenvalue weighted by molar-refractivity contribution is 7.94. The van der Waals surface area contributed by atoms with Crippen LogP contribution in [0.1, 0.15) is 13.8 Å². The molecule has 0 aliphatic heterocycles. The lowest BCUT2D eigenvalue weighted by atomic mass is 9.97. The normalized spacial score (nSPS) is 13.4. The van der Waals surface area contributed by atoms with Gasteiger partial charge >= 0.3 is 5.97 Å². The standard InChI is InChI=1S/C9H18O6S2/c1-9(2,8(10)15-3)7-17(13,14)6-5-16(4,11)12/h5-7H2,1-4H3. The van der Waals surface area contributed by atoms with E-state index < -0.39 is 48.3 Å². The molecule has 0 fully saturated rings. The zero-order valence-corrected chi connectivity index (χ0v) is 12.0. The van der Waals surface area contributed by atoms with Crippen LogP contribution in [0.3, 0.4) is 0 Å². The molecule has 17 heavy (non-hydrogen) atoms. The maximum Gasteiger partial charge on any atom is 0.312 e. The van der Waals surface area contributed by atoms with E-state index in [0.29, 0.717) is 0 Å². The van der Waals surface area contributed by atoms with Gasteiger partial charge in [-0.3, -0.25) is 4.79 Å². The van der Waals surface area contributed by atoms with E-state index in [-0.39, 0.29) is 0 Å². The first-order chi connectivity index (χ1) is 7.40. The molecular formula is C9H18O6S2. The number of methoxy groups -OCH3 is 1. The quantitative estimate of drug-likeness (QED) is 0.619. The van der Waals surface area contributed by atoms with Crippen molar-refractivity contribution in [3.63, 3.8) is 0 Å². The molecule has 0 radical (unpaired) electrons. The lowest BCUT2D eigenvalue weighted by Crippen LogP contribution is -2.35. The molecule has 0 unspecified atom stereocenters. The lowest BCUT2D eigenvalue weighted by Gasteiger charge is -2.20. The second-order valence-electron chi connectivity index (χ2n) is 4.60. The molecule has 6 nitrogen and oxygen atoms in total. The molecule has 0 aromatic heterocycles. The van der Waals surface area contributed by atoms with Gasteiger partial charge in [0, 0.05) is 6.26 Å². The van der Waals surface area contributed by atoms with Crippen molar-refractivity contribution in [3.8, 4) is 0 Å². The topological polar surface area (TPSA) is 94.6 Å². The van der Waals surface area contributed by atoms with Crippen molar-refractivity contribution in [1.29, 1.82) is 0 Å². The van der Waals surface area contributed by atoms with E-state index in [1.54, 1.807) is 0 Å². The van der Waals surface area contributed by atoms with Gasteiger partial charge in [0.2, 0.25) is 0 Å². The number of carbonyl (C=O) groups is 1. The Morgan fingerprint density at radius 2 is 1.59 bits per heavy atom. The van der Waals surface area contributed by atoms with E-state index in [0.717, 1.165) is 6.26 Å². The highest BCUT2D eigenvalue weighted by Gasteiger charge is 2.34. The molecule has 0 atom stereocenters. The molecule has 0 bridgehead atoms. The minimum atomic E-state index is -3.61. The van der Waals surface area contributed by atoms with Crippen molar-refractivity contribution in [2.45, 2.75) is 13.8 Å². The van der Waals surface area contributed by atoms with Crippen LogP contribution in [0, 0.1) is 5.41 Å². The van der Waals surface area contributed by atoms with E-state index >= 15 is 0 Å². The summed E-state index contributed by atoms with van der Waals surface area (Å²) < 4.78 is 49.5. The number of hydrogen-bond acceptors (Lipinski definition) is 6. The highest BCUT2D eigenvalue weighted by Crippen LogP contribution is 2.20. The first kappa shape index (κ1) is 16.4. The van der Waals surface area contributed by atoms with Crippen LogP contribution in [-0.2, 0) is 29.2 Å². The summed E-state index contributed by atoms with van der Waals surface area (Å²) in [6.45, 7) is 2.88. The van der Waals surface area contributed by atoms with Crippen molar-refractivity contribution in [1.82, 2.24) is 0 Å². The molecule has 0 saturated heterocycles. The third kappa shape index (κ3) is 6.62. The fraction of sp³-hybridized carbons (Fsp3) is 0.889. The number of ether oxygens (including phenoxy) is 1. The molecule has 0 aromatic carbocycles. The van der Waals surface area contributed by atoms with Crippen LogP contribution in [0.5, 0.6) is 0 Å². The van der Waals surface area contributed by atoms with Gasteiger partial charge < -0.3 is 4.74 Å². The lowest BCUT2D eigenvalue weighted by molar-refractivity contribution is -0.149. The summed E-state index contributed by atoms with van der Waals surface area (Å²) in [5.74, 6) is -1.98. The molecule has 0 rings (SSSR count). The maximum atomic E-state index is 11.6. The van der Waals surface area contributed by atoms with Gasteiger partial charge in [-0.1, -0.05) is 0 Å². The molecule has 0 saturated carbocycles. The van der Waals surface area contributed by atoms with Crippen LogP contribution in [-0.4, -0.2) is 53.4 Å². The third-order valence-electron chi connectivity index (χ3n) is 2.08. The Labute approximate surface area is 102 Å². The molecule has 0 heterocycles. The molecule has 0 spiro atoms. The third-order valence-corrected chi connectivity index (χ3v) is 5.28. The Bertz CT molecular complexity index is 472. The molecule has 0 N–H and O–H groups in total. The van der Waals surface area contributed by atoms with Gasteiger partial charge in [0.1, 0.15) is 9.84 Å². The van der Waals surface area contributed by atoms with Crippen LogP contribution in [0.25, 0.3) is 0 Å². The Morgan fingerprint density at radius 1 is 1.12 bits per heavy atom. The van der Waals surface area contributed by atoms with E-state index in [4.69, 9.17) is 0 Å². The molecule has 0 aliphatic rings. The van der Waals surface area contributed by atoms with Gasteiger partial charge in [-0.2, -0.15) is 0 Å². The van der Waals surface area contributed by atoms with Crippen molar-refractivity contribution in [2.75, 3.05) is 30.6 Å². The van der Waals surface area contributed by atoms with Gasteiger partial charge in [0.25, 0.3) is 0 Å². The average Bonchev–Trinajstić information content (AvgIpc) is 2.11. The summed E-state index contributed by atoms with van der Waals surface area (Å²) in [5, 5.41) is 0. The Morgan fingerprint density at radius 3 is 1.94 bits per heavy atom. The average molecular weight is 286 g/mol. The van der Waals surface area contributed by atoms with E-state index in [1.165, 1.54) is 21.0 Å². The maximum absolute atomic E-state index is 11.6. The monoisotopic (exact) mass is 286 g/mol. The van der Waals surface area contributed by atoms with Gasteiger partial charge in [0.15, 0.2) is 9.84 Å². The Kier molecular flexibility index (Phi) is 5.15. The fourth-order valence-corrected chi connectivity index (χ4v) is 4.82. The molecule has 0 amide bonds. The minimum Gasteiger partial charge on any atom is -0.469 e. The van der Waals surface area contributed by atoms with Crippen LogP contribution >= 0.6 is 0 Å². The van der Waals surface area contributed by atoms with Crippen molar-refractivity contribution in [2.24, 2.45) is 5.41 Å². The van der Waals surface area contributed by atoms with E-state index in [2.05, 4.69) is 4.74 Å². The summed E-state index contributed by atoms with van der Waals surface area (Å²) in [6, 6.07) is 0. The van der Waals surface area contributed by atoms with Gasteiger partial charge in [-0.25, -0.2) is 16.8 Å². The predicted molar refractivity (Wildman–Crippen MR) is 64.2 cm³/mol. The first-order valence-electron chi connectivity index (χ1n) is 4.86. The molecule has 0 aromatic rings. The zero-order valence-electron chi connectivity index (χ0n) is 10.4. The summed E-state index contributed by atoms with van der Waals surface area (Å²) in [5.41, 5.74) is -1.18. The van der Waals surface area contributed by atoms with E-state index in [9.17, 15) is 21.6 Å². The smallest absolute Gasteiger partial charge is 0.312 e. The van der Waals surface area contributed by atoms with Gasteiger partial charge in [0.05, 0.1) is 29.8 Å². The SMILES string of the molecule is COC(=O)C(C)(C)CS(=O)(=O)CCS(C)(=O)=O. The Hall–Kier alpha value is -0.630. The minimum absolute atomic E-state index is 0.428. The summed E-state index contributed by atoms with van der Waals surface area (Å²) >= 11 is 0.